The first kappa shape index (κ1) is 23.9. The molecule has 2 aromatic heterocycles. The predicted molar refractivity (Wildman–Crippen MR) is 141 cm³/mol. The third-order valence-electron chi connectivity index (χ3n) is 4.88. The Bertz CT molecular complexity index is 1400. The van der Waals surface area contributed by atoms with Crippen molar-refractivity contribution in [2.75, 3.05) is 10.6 Å². The number of hydrogen-bond donors (Lipinski definition) is 3. The molecule has 34 heavy (non-hydrogen) atoms. The van der Waals surface area contributed by atoms with Gasteiger partial charge in [0.15, 0.2) is 16.0 Å². The number of nitrogens with one attached hydrogen (secondary N) is 3. The number of carbonyl (C=O) groups excluding carboxylic acids is 2. The van der Waals surface area contributed by atoms with Gasteiger partial charge in [-0.3, -0.25) is 14.9 Å². The fourth-order valence-electron chi connectivity index (χ4n) is 3.15. The van der Waals surface area contributed by atoms with Crippen LogP contribution < -0.4 is 16.0 Å². The summed E-state index contributed by atoms with van der Waals surface area (Å²) in [4.78, 5) is 28.8. The molecule has 2 aromatic carbocycles. The van der Waals surface area contributed by atoms with E-state index < -0.39 is 5.91 Å². The van der Waals surface area contributed by atoms with Gasteiger partial charge in [-0.2, -0.15) is 0 Å². The summed E-state index contributed by atoms with van der Waals surface area (Å²) < 4.78 is 6.56. The molecule has 0 aliphatic heterocycles. The van der Waals surface area contributed by atoms with Crippen molar-refractivity contribution in [2.24, 2.45) is 0 Å². The molecule has 0 bridgehead atoms. The topological polar surface area (TPSA) is 96.3 Å². The minimum atomic E-state index is -0.471. The molecule has 3 N–H and O–H groups in total. The summed E-state index contributed by atoms with van der Waals surface area (Å²) in [6, 6.07) is 14.3. The minimum Gasteiger partial charge on any atom is -0.451 e. The molecule has 0 unspecified atom stereocenters. The molecule has 0 fully saturated rings. The number of benzene rings is 2. The molecule has 0 spiro atoms. The third-order valence-corrected chi connectivity index (χ3v) is 6.43. The quantitative estimate of drug-likeness (QED) is 0.259. The molecular weight excluding hydrogens is 492 g/mol. The lowest BCUT2D eigenvalue weighted by Crippen LogP contribution is -2.33. The fraction of sp³-hybridized carbons (Fsp3) is 0.167. The first-order chi connectivity index (χ1) is 16.3. The van der Waals surface area contributed by atoms with Gasteiger partial charge in [-0.15, -0.1) is 0 Å². The van der Waals surface area contributed by atoms with Crippen LogP contribution in [0.3, 0.4) is 0 Å². The number of furan rings is 1. The van der Waals surface area contributed by atoms with Crippen LogP contribution in [0.15, 0.2) is 52.9 Å². The van der Waals surface area contributed by atoms with Gasteiger partial charge in [0, 0.05) is 22.7 Å². The van der Waals surface area contributed by atoms with Crippen LogP contribution in [0.5, 0.6) is 0 Å². The number of fused-ring (bicyclic) bond motifs is 1. The summed E-state index contributed by atoms with van der Waals surface area (Å²) >= 11 is 12.8. The fourth-order valence-corrected chi connectivity index (χ4v) is 4.47. The van der Waals surface area contributed by atoms with Crippen molar-refractivity contribution < 1.29 is 14.0 Å². The van der Waals surface area contributed by atoms with Crippen molar-refractivity contribution in [1.29, 1.82) is 0 Å². The molecule has 0 saturated heterocycles. The highest BCUT2D eigenvalue weighted by molar-refractivity contribution is 7.80. The van der Waals surface area contributed by atoms with E-state index >= 15 is 0 Å². The van der Waals surface area contributed by atoms with Crippen molar-refractivity contribution in [3.63, 3.8) is 0 Å². The molecule has 174 valence electrons. The van der Waals surface area contributed by atoms with E-state index in [1.165, 1.54) is 11.3 Å². The summed E-state index contributed by atoms with van der Waals surface area (Å²) in [5.74, 6) is 0.127. The summed E-state index contributed by atoms with van der Waals surface area (Å²) in [5, 5.41) is 9.71. The molecule has 0 radical (unpaired) electrons. The second-order valence-corrected chi connectivity index (χ2v) is 9.38. The van der Waals surface area contributed by atoms with Gasteiger partial charge in [0.1, 0.15) is 5.76 Å². The Balaban J connectivity index is 1.39. The number of carbonyl (C=O) groups is 2. The Labute approximate surface area is 210 Å². The van der Waals surface area contributed by atoms with E-state index in [4.69, 9.17) is 28.2 Å². The summed E-state index contributed by atoms with van der Waals surface area (Å²) in [5.41, 5.74) is 3.18. The molecule has 2 amide bonds. The molecule has 10 heteroatoms. The highest BCUT2D eigenvalue weighted by Gasteiger charge is 2.15. The number of thiazole rings is 1. The van der Waals surface area contributed by atoms with Crippen molar-refractivity contribution in [3.8, 4) is 11.3 Å². The van der Waals surface area contributed by atoms with Gasteiger partial charge in [-0.25, -0.2) is 4.98 Å². The standard InChI is InChI=1S/C24H21ClN4O3S2/c1-3-4-21(30)28-24-27-17-8-7-15(12-20(17)34-24)26-23(33)29-22(31)19-10-9-18(32-19)14-6-5-13(2)16(25)11-14/h5-12H,3-4H2,1-2H3,(H,27,28,30)(H2,26,29,31,33). The van der Waals surface area contributed by atoms with E-state index in [1.807, 2.05) is 38.1 Å². The number of nitrogens with zero attached hydrogens (tertiary/aromatic N) is 1. The lowest BCUT2D eigenvalue weighted by molar-refractivity contribution is -0.116. The number of thiocarbonyl (C=S) groups is 1. The zero-order valence-electron chi connectivity index (χ0n) is 18.4. The molecule has 0 saturated carbocycles. The number of rotatable bonds is 6. The van der Waals surface area contributed by atoms with Gasteiger partial charge in [0.2, 0.25) is 5.91 Å². The molecule has 0 atom stereocenters. The lowest BCUT2D eigenvalue weighted by atomic mass is 10.1. The number of halogens is 1. The average Bonchev–Trinajstić information content (AvgIpc) is 3.42. The summed E-state index contributed by atoms with van der Waals surface area (Å²) in [6.45, 7) is 3.86. The first-order valence-corrected chi connectivity index (χ1v) is 12.1. The van der Waals surface area contributed by atoms with Crippen LogP contribution in [0.1, 0.15) is 35.9 Å². The van der Waals surface area contributed by atoms with E-state index in [0.717, 1.165) is 27.8 Å². The molecule has 0 aliphatic rings. The molecule has 4 rings (SSSR count). The molecule has 7 nitrogen and oxygen atoms in total. The number of hydrogen-bond acceptors (Lipinski definition) is 6. The van der Waals surface area contributed by atoms with Crippen molar-refractivity contribution in [3.05, 3.63) is 64.9 Å². The largest absolute Gasteiger partial charge is 0.451 e. The highest BCUT2D eigenvalue weighted by atomic mass is 35.5. The summed E-state index contributed by atoms with van der Waals surface area (Å²) in [6.07, 6.45) is 1.22. The number of aryl methyl sites for hydroxylation is 1. The third kappa shape index (κ3) is 5.61. The van der Waals surface area contributed by atoms with Gasteiger partial charge in [0.25, 0.3) is 5.91 Å². The van der Waals surface area contributed by atoms with Gasteiger partial charge in [0.05, 0.1) is 10.2 Å². The van der Waals surface area contributed by atoms with E-state index in [2.05, 4.69) is 20.9 Å². The molecule has 0 aliphatic carbocycles. The van der Waals surface area contributed by atoms with E-state index in [1.54, 1.807) is 24.3 Å². The lowest BCUT2D eigenvalue weighted by Gasteiger charge is -2.08. The zero-order valence-corrected chi connectivity index (χ0v) is 20.8. The number of amides is 2. The van der Waals surface area contributed by atoms with Gasteiger partial charge < -0.3 is 15.1 Å². The van der Waals surface area contributed by atoms with Crippen LogP contribution in [0.2, 0.25) is 5.02 Å². The highest BCUT2D eigenvalue weighted by Crippen LogP contribution is 2.29. The summed E-state index contributed by atoms with van der Waals surface area (Å²) in [7, 11) is 0. The molecule has 2 heterocycles. The molecular formula is C24H21ClN4O3S2. The SMILES string of the molecule is CCCC(=O)Nc1nc2ccc(NC(=S)NC(=O)c3ccc(-c4ccc(C)c(Cl)c4)o3)cc2s1. The average molecular weight is 513 g/mol. The van der Waals surface area contributed by atoms with E-state index in [-0.39, 0.29) is 16.8 Å². The maximum absolute atomic E-state index is 12.6. The van der Waals surface area contributed by atoms with Gasteiger partial charge in [-0.1, -0.05) is 42.0 Å². The smallest absolute Gasteiger partial charge is 0.293 e. The van der Waals surface area contributed by atoms with Crippen LogP contribution in [0.25, 0.3) is 21.5 Å². The van der Waals surface area contributed by atoms with Crippen LogP contribution in [-0.4, -0.2) is 21.9 Å². The van der Waals surface area contributed by atoms with Crippen molar-refractivity contribution in [2.45, 2.75) is 26.7 Å². The Morgan fingerprint density at radius 3 is 2.71 bits per heavy atom. The van der Waals surface area contributed by atoms with Crippen LogP contribution in [-0.2, 0) is 4.79 Å². The Kier molecular flexibility index (Phi) is 7.26. The zero-order chi connectivity index (χ0) is 24.2. The van der Waals surface area contributed by atoms with Gasteiger partial charge in [-0.05, 0) is 67.5 Å². The maximum Gasteiger partial charge on any atom is 0.293 e. The second kappa shape index (κ2) is 10.3. The minimum absolute atomic E-state index is 0.0599. The Morgan fingerprint density at radius 1 is 1.12 bits per heavy atom. The second-order valence-electron chi connectivity index (χ2n) is 7.54. The Hall–Kier alpha value is -3.27. The normalized spacial score (nSPS) is 10.8. The van der Waals surface area contributed by atoms with Crippen LogP contribution in [0.4, 0.5) is 10.8 Å². The van der Waals surface area contributed by atoms with Crippen molar-refractivity contribution >= 4 is 73.1 Å². The van der Waals surface area contributed by atoms with Gasteiger partial charge >= 0.3 is 0 Å². The van der Waals surface area contributed by atoms with E-state index in [0.29, 0.717) is 28.0 Å². The maximum atomic E-state index is 12.6. The first-order valence-electron chi connectivity index (χ1n) is 10.5. The van der Waals surface area contributed by atoms with E-state index in [9.17, 15) is 9.59 Å². The van der Waals surface area contributed by atoms with Crippen LogP contribution >= 0.6 is 35.2 Å². The number of anilines is 2. The Morgan fingerprint density at radius 2 is 1.94 bits per heavy atom. The predicted octanol–water partition coefficient (Wildman–Crippen LogP) is 6.38. The monoisotopic (exact) mass is 512 g/mol. The number of aromatic nitrogens is 1. The van der Waals surface area contributed by atoms with Crippen molar-refractivity contribution in [1.82, 2.24) is 10.3 Å². The molecule has 4 aromatic rings. The van der Waals surface area contributed by atoms with Crippen LogP contribution in [0, 0.1) is 6.92 Å².